The molecule has 1 radical (unpaired) electrons. The first-order valence-corrected chi connectivity index (χ1v) is 3.87. The number of hydrogen-bond acceptors (Lipinski definition) is 4. The molecule has 1 aromatic rings. The van der Waals surface area contributed by atoms with Crippen LogP contribution in [0.5, 0.6) is 0 Å². The highest BCUT2D eigenvalue weighted by molar-refractivity contribution is 5.30. The van der Waals surface area contributed by atoms with Crippen LogP contribution >= 0.6 is 0 Å². The lowest BCUT2D eigenvalue weighted by molar-refractivity contribution is 0.425. The molecular formula is C8H13N4. The van der Waals surface area contributed by atoms with Gasteiger partial charge in [-0.1, -0.05) is 0 Å². The third-order valence-corrected chi connectivity index (χ3v) is 1.40. The van der Waals surface area contributed by atoms with Crippen molar-refractivity contribution in [3.05, 3.63) is 18.3 Å². The molecule has 0 atom stereocenters. The molecule has 1 aromatic heterocycles. The summed E-state index contributed by atoms with van der Waals surface area (Å²) in [6.45, 7) is 1.87. The van der Waals surface area contributed by atoms with E-state index in [-0.39, 0.29) is 0 Å². The van der Waals surface area contributed by atoms with Gasteiger partial charge in [0.05, 0.1) is 0 Å². The summed E-state index contributed by atoms with van der Waals surface area (Å²) in [5, 5.41) is 10.6. The lowest BCUT2D eigenvalue weighted by Crippen LogP contribution is -2.21. The minimum absolute atomic E-state index is 0.801. The molecule has 0 amide bonds. The van der Waals surface area contributed by atoms with Crippen LogP contribution in [0.15, 0.2) is 12.1 Å². The van der Waals surface area contributed by atoms with E-state index in [2.05, 4.69) is 26.6 Å². The minimum atomic E-state index is 0.801. The maximum Gasteiger partial charge on any atom is 0.148 e. The van der Waals surface area contributed by atoms with Crippen molar-refractivity contribution in [2.24, 2.45) is 0 Å². The minimum Gasteiger partial charge on any atom is -0.367 e. The van der Waals surface area contributed by atoms with Crippen LogP contribution in [0.25, 0.3) is 0 Å². The summed E-state index contributed by atoms with van der Waals surface area (Å²) in [6.07, 6.45) is 2.62. The van der Waals surface area contributed by atoms with Crippen molar-refractivity contribution < 1.29 is 0 Å². The second kappa shape index (κ2) is 4.66. The summed E-state index contributed by atoms with van der Waals surface area (Å²) in [7, 11) is 4.07. The quantitative estimate of drug-likeness (QED) is 0.694. The van der Waals surface area contributed by atoms with Gasteiger partial charge in [0.2, 0.25) is 0 Å². The first-order valence-electron chi connectivity index (χ1n) is 3.87. The Morgan fingerprint density at radius 1 is 1.58 bits per heavy atom. The van der Waals surface area contributed by atoms with E-state index in [1.165, 1.54) is 0 Å². The topological polar surface area (TPSA) is 41.0 Å². The van der Waals surface area contributed by atoms with E-state index in [1.54, 1.807) is 6.07 Å². The van der Waals surface area contributed by atoms with Gasteiger partial charge >= 0.3 is 0 Å². The van der Waals surface area contributed by atoms with E-state index >= 15 is 0 Å². The number of nitrogens with one attached hydrogen (secondary N) is 1. The molecular weight excluding hydrogens is 152 g/mol. The van der Waals surface area contributed by atoms with Crippen molar-refractivity contribution in [2.75, 3.05) is 32.5 Å². The first-order chi connectivity index (χ1) is 5.79. The Bertz CT molecular complexity index is 210. The second-order valence-electron chi connectivity index (χ2n) is 2.78. The zero-order valence-corrected chi connectivity index (χ0v) is 7.41. The van der Waals surface area contributed by atoms with Gasteiger partial charge in [-0.25, -0.2) is 0 Å². The average molecular weight is 165 g/mol. The molecule has 65 valence electrons. The van der Waals surface area contributed by atoms with Crippen molar-refractivity contribution in [2.45, 2.75) is 0 Å². The number of nitrogens with zero attached hydrogens (tertiary/aromatic N) is 3. The highest BCUT2D eigenvalue weighted by Crippen LogP contribution is 1.95. The van der Waals surface area contributed by atoms with Gasteiger partial charge in [0.25, 0.3) is 0 Å². The molecule has 0 bridgehead atoms. The molecule has 4 heteroatoms. The van der Waals surface area contributed by atoms with Gasteiger partial charge in [0.15, 0.2) is 0 Å². The molecule has 0 saturated heterocycles. The molecule has 12 heavy (non-hydrogen) atoms. The van der Waals surface area contributed by atoms with Gasteiger partial charge in [-0.05, 0) is 26.2 Å². The molecule has 0 aromatic carbocycles. The van der Waals surface area contributed by atoms with Gasteiger partial charge in [-0.2, -0.15) is 0 Å². The zero-order chi connectivity index (χ0) is 8.81. The van der Waals surface area contributed by atoms with Crippen LogP contribution in [0, 0.1) is 6.20 Å². The molecule has 0 spiro atoms. The normalized spacial score (nSPS) is 10.2. The number of rotatable bonds is 4. The van der Waals surface area contributed by atoms with Gasteiger partial charge in [0.1, 0.15) is 12.0 Å². The molecule has 0 saturated carbocycles. The van der Waals surface area contributed by atoms with Crippen LogP contribution in [0.2, 0.25) is 0 Å². The molecule has 1 N–H and O–H groups in total. The van der Waals surface area contributed by atoms with Crippen LogP contribution < -0.4 is 5.32 Å². The Labute approximate surface area is 72.6 Å². The predicted molar refractivity (Wildman–Crippen MR) is 47.9 cm³/mol. The van der Waals surface area contributed by atoms with E-state index < -0.39 is 0 Å². The van der Waals surface area contributed by atoms with E-state index in [9.17, 15) is 0 Å². The summed E-state index contributed by atoms with van der Waals surface area (Å²) in [5.74, 6) is 0.801. The van der Waals surface area contributed by atoms with E-state index in [4.69, 9.17) is 0 Å². The maximum atomic E-state index is 3.84. The molecule has 0 aliphatic heterocycles. The number of likely N-dealkylation sites (N-methyl/N-ethyl adjacent to an activating group) is 1. The standard InChI is InChI=1S/C8H13N4/c1-12(2)7-6-9-8-4-3-5-10-11-8/h3-4H,6-7H2,1-2H3,(H,9,11). The molecule has 0 aliphatic rings. The van der Waals surface area contributed by atoms with Gasteiger partial charge in [-0.15, -0.1) is 10.2 Å². The lowest BCUT2D eigenvalue weighted by atomic mass is 10.5. The fourth-order valence-electron chi connectivity index (χ4n) is 0.767. The Morgan fingerprint density at radius 2 is 2.42 bits per heavy atom. The van der Waals surface area contributed by atoms with Gasteiger partial charge < -0.3 is 10.2 Å². The van der Waals surface area contributed by atoms with Crippen LogP contribution in [0.4, 0.5) is 5.82 Å². The van der Waals surface area contributed by atoms with E-state index in [0.717, 1.165) is 18.9 Å². The lowest BCUT2D eigenvalue weighted by Gasteiger charge is -2.09. The third-order valence-electron chi connectivity index (χ3n) is 1.40. The summed E-state index contributed by atoms with van der Waals surface area (Å²) < 4.78 is 0. The maximum absolute atomic E-state index is 3.84. The van der Waals surface area contributed by atoms with E-state index in [0.29, 0.717) is 0 Å². The van der Waals surface area contributed by atoms with E-state index in [1.807, 2.05) is 20.2 Å². The fraction of sp³-hybridized carbons (Fsp3) is 0.500. The summed E-state index contributed by atoms with van der Waals surface area (Å²) >= 11 is 0. The fourth-order valence-corrected chi connectivity index (χ4v) is 0.767. The van der Waals surface area contributed by atoms with Crippen molar-refractivity contribution in [3.63, 3.8) is 0 Å². The third kappa shape index (κ3) is 3.30. The van der Waals surface area contributed by atoms with Gasteiger partial charge in [0, 0.05) is 13.1 Å². The molecule has 1 heterocycles. The smallest absolute Gasteiger partial charge is 0.148 e. The average Bonchev–Trinajstić information content (AvgIpc) is 2.05. The number of aromatic nitrogens is 2. The monoisotopic (exact) mass is 165 g/mol. The predicted octanol–water partition coefficient (Wildman–Crippen LogP) is 0.250. The molecule has 1 rings (SSSR count). The number of hydrogen-bond donors (Lipinski definition) is 1. The molecule has 0 aliphatic carbocycles. The summed E-state index contributed by atoms with van der Waals surface area (Å²) in [4.78, 5) is 2.11. The SMILES string of the molecule is CN(C)CCNc1cc[c]nn1. The zero-order valence-electron chi connectivity index (χ0n) is 7.41. The van der Waals surface area contributed by atoms with Crippen molar-refractivity contribution >= 4 is 5.82 Å². The van der Waals surface area contributed by atoms with Gasteiger partial charge in [-0.3, -0.25) is 0 Å². The highest BCUT2D eigenvalue weighted by Gasteiger charge is 1.92. The Balaban J connectivity index is 2.25. The number of anilines is 1. The summed E-state index contributed by atoms with van der Waals surface area (Å²) in [6, 6.07) is 3.59. The van der Waals surface area contributed by atoms with Crippen LogP contribution in [0.3, 0.4) is 0 Å². The Kier molecular flexibility index (Phi) is 3.47. The van der Waals surface area contributed by atoms with Crippen LogP contribution in [-0.4, -0.2) is 42.3 Å². The molecule has 4 nitrogen and oxygen atoms in total. The second-order valence-corrected chi connectivity index (χ2v) is 2.78. The Hall–Kier alpha value is -1.16. The first kappa shape index (κ1) is 8.93. The van der Waals surface area contributed by atoms with Crippen LogP contribution in [-0.2, 0) is 0 Å². The molecule has 0 fully saturated rings. The summed E-state index contributed by atoms with van der Waals surface area (Å²) in [5.41, 5.74) is 0. The van der Waals surface area contributed by atoms with Crippen molar-refractivity contribution in [1.29, 1.82) is 0 Å². The van der Waals surface area contributed by atoms with Crippen molar-refractivity contribution in [3.8, 4) is 0 Å². The van der Waals surface area contributed by atoms with Crippen LogP contribution in [0.1, 0.15) is 0 Å². The van der Waals surface area contributed by atoms with Crippen molar-refractivity contribution in [1.82, 2.24) is 15.1 Å². The Morgan fingerprint density at radius 3 is 3.00 bits per heavy atom. The highest BCUT2D eigenvalue weighted by atomic mass is 15.2. The largest absolute Gasteiger partial charge is 0.367 e. The molecule has 0 unspecified atom stereocenters.